The van der Waals surface area contributed by atoms with E-state index in [1.54, 1.807) is 6.20 Å². The summed E-state index contributed by atoms with van der Waals surface area (Å²) in [4.78, 5) is 16.7. The molecular weight excluding hydrogens is 448 g/mol. The molecule has 3 rings (SSSR count). The van der Waals surface area contributed by atoms with Crippen molar-refractivity contribution in [2.24, 2.45) is 5.92 Å². The van der Waals surface area contributed by atoms with Crippen LogP contribution in [0.3, 0.4) is 0 Å². The number of hydrogen-bond donors (Lipinski definition) is 1. The zero-order valence-corrected chi connectivity index (χ0v) is 19.7. The minimum atomic E-state index is -0.545. The van der Waals surface area contributed by atoms with Crippen molar-refractivity contribution < 1.29 is 19.0 Å². The van der Waals surface area contributed by atoms with Crippen LogP contribution in [-0.4, -0.2) is 29.3 Å². The number of alkyl carbamates (subject to hydrolysis) is 1. The van der Waals surface area contributed by atoms with Crippen LogP contribution in [0.15, 0.2) is 34.9 Å². The van der Waals surface area contributed by atoms with E-state index < -0.39 is 11.7 Å². The second-order valence-electron chi connectivity index (χ2n) is 8.86. The smallest absolute Gasteiger partial charge is 0.407 e. The van der Waals surface area contributed by atoms with Gasteiger partial charge in [0.1, 0.15) is 30.3 Å². The van der Waals surface area contributed by atoms with Crippen LogP contribution < -0.4 is 14.8 Å². The van der Waals surface area contributed by atoms with E-state index in [1.807, 2.05) is 45.0 Å². The lowest BCUT2D eigenvalue weighted by molar-refractivity contribution is 0.0480. The third-order valence-electron chi connectivity index (χ3n) is 4.48. The van der Waals surface area contributed by atoms with Gasteiger partial charge in [0.2, 0.25) is 0 Å². The number of fused-ring (bicyclic) bond motifs is 3. The number of carbonyl (C=O) groups excluding carboxylic acids is 1. The molecule has 162 valence electrons. The van der Waals surface area contributed by atoms with Crippen molar-refractivity contribution >= 4 is 22.0 Å². The van der Waals surface area contributed by atoms with Crippen LogP contribution in [-0.2, 0) is 11.3 Å². The maximum absolute atomic E-state index is 12.2. The predicted octanol–water partition coefficient (Wildman–Crippen LogP) is 5.72. The average Bonchev–Trinajstić information content (AvgIpc) is 2.64. The summed E-state index contributed by atoms with van der Waals surface area (Å²) in [5.41, 5.74) is 2.37. The van der Waals surface area contributed by atoms with Gasteiger partial charge in [-0.25, -0.2) is 4.79 Å². The van der Waals surface area contributed by atoms with E-state index in [0.29, 0.717) is 24.9 Å². The van der Waals surface area contributed by atoms with Crippen molar-refractivity contribution in [2.75, 3.05) is 6.61 Å². The standard InChI is InChI=1S/C23H29BrN2O4/c1-14(2)9-16(26-22(27)30-23(3,4)5)13-29-20-11-19-17(10-18(20)24)21-15(12-28-19)7-6-8-25-21/h6-8,10-11,14,16H,9,12-13H2,1-5H3,(H,26,27). The van der Waals surface area contributed by atoms with Crippen LogP contribution in [0.1, 0.15) is 46.6 Å². The minimum Gasteiger partial charge on any atom is -0.490 e. The zero-order valence-electron chi connectivity index (χ0n) is 18.1. The number of ether oxygens (including phenoxy) is 3. The molecule has 1 N–H and O–H groups in total. The van der Waals surface area contributed by atoms with Gasteiger partial charge in [-0.2, -0.15) is 0 Å². The number of nitrogens with zero attached hydrogens (tertiary/aromatic N) is 1. The second-order valence-corrected chi connectivity index (χ2v) is 9.72. The molecule has 1 amide bonds. The predicted molar refractivity (Wildman–Crippen MR) is 120 cm³/mol. The Balaban J connectivity index is 1.72. The van der Waals surface area contributed by atoms with E-state index in [-0.39, 0.29) is 6.04 Å². The SMILES string of the molecule is CC(C)CC(COc1cc2c(cc1Br)-c1ncccc1CO2)NC(=O)OC(C)(C)C. The summed E-state index contributed by atoms with van der Waals surface area (Å²) in [5.74, 6) is 1.79. The highest BCUT2D eigenvalue weighted by Gasteiger charge is 2.23. The fraction of sp³-hybridized carbons (Fsp3) is 0.478. The number of rotatable bonds is 6. The molecule has 2 heterocycles. The Kier molecular flexibility index (Phi) is 6.91. The molecule has 0 saturated heterocycles. The average molecular weight is 477 g/mol. The first-order chi connectivity index (χ1) is 14.1. The molecule has 0 bridgehead atoms. The van der Waals surface area contributed by atoms with Gasteiger partial charge in [-0.3, -0.25) is 4.98 Å². The van der Waals surface area contributed by atoms with E-state index in [2.05, 4.69) is 40.1 Å². The van der Waals surface area contributed by atoms with Crippen molar-refractivity contribution in [3.63, 3.8) is 0 Å². The molecule has 6 nitrogen and oxygen atoms in total. The summed E-state index contributed by atoms with van der Waals surface area (Å²) in [6, 6.07) is 7.59. The number of amides is 1. The normalized spacial score (nSPS) is 13.7. The van der Waals surface area contributed by atoms with Crippen LogP contribution >= 0.6 is 15.9 Å². The molecule has 0 radical (unpaired) electrons. The lowest BCUT2D eigenvalue weighted by Gasteiger charge is -2.25. The molecule has 2 aromatic rings. The Morgan fingerprint density at radius 1 is 1.33 bits per heavy atom. The van der Waals surface area contributed by atoms with E-state index in [4.69, 9.17) is 14.2 Å². The third kappa shape index (κ3) is 5.88. The summed E-state index contributed by atoms with van der Waals surface area (Å²) < 4.78 is 18.2. The molecule has 1 aliphatic heterocycles. The number of pyridine rings is 1. The molecule has 0 saturated carbocycles. The molecule has 0 spiro atoms. The quantitative estimate of drug-likeness (QED) is 0.576. The number of aromatic nitrogens is 1. The van der Waals surface area contributed by atoms with E-state index >= 15 is 0 Å². The van der Waals surface area contributed by atoms with Gasteiger partial charge >= 0.3 is 6.09 Å². The zero-order chi connectivity index (χ0) is 21.9. The minimum absolute atomic E-state index is 0.175. The van der Waals surface area contributed by atoms with Crippen LogP contribution in [0.25, 0.3) is 11.3 Å². The fourth-order valence-electron chi connectivity index (χ4n) is 3.31. The van der Waals surface area contributed by atoms with Gasteiger partial charge in [-0.05, 0) is 61.2 Å². The van der Waals surface area contributed by atoms with Crippen LogP contribution in [0, 0.1) is 5.92 Å². The Morgan fingerprint density at radius 3 is 2.80 bits per heavy atom. The summed E-state index contributed by atoms with van der Waals surface area (Å²) >= 11 is 3.60. The first-order valence-corrected chi connectivity index (χ1v) is 10.9. The number of halogens is 1. The van der Waals surface area contributed by atoms with Crippen LogP contribution in [0.2, 0.25) is 0 Å². The highest BCUT2D eigenvalue weighted by Crippen LogP contribution is 2.42. The van der Waals surface area contributed by atoms with Crippen molar-refractivity contribution in [3.05, 3.63) is 40.5 Å². The van der Waals surface area contributed by atoms with Gasteiger partial charge in [-0.15, -0.1) is 0 Å². The molecule has 1 unspecified atom stereocenters. The Morgan fingerprint density at radius 2 is 2.10 bits per heavy atom. The maximum Gasteiger partial charge on any atom is 0.407 e. The molecule has 7 heteroatoms. The van der Waals surface area contributed by atoms with Gasteiger partial charge in [0.25, 0.3) is 0 Å². The second kappa shape index (κ2) is 9.25. The Bertz CT molecular complexity index is 909. The maximum atomic E-state index is 12.2. The van der Waals surface area contributed by atoms with Crippen LogP contribution in [0.5, 0.6) is 11.5 Å². The molecule has 1 atom stereocenters. The topological polar surface area (TPSA) is 69.7 Å². The number of nitrogens with one attached hydrogen (secondary N) is 1. The lowest BCUT2D eigenvalue weighted by Crippen LogP contribution is -2.42. The monoisotopic (exact) mass is 476 g/mol. The summed E-state index contributed by atoms with van der Waals surface area (Å²) in [6.45, 7) is 10.6. The van der Waals surface area contributed by atoms with E-state index in [0.717, 1.165) is 33.5 Å². The van der Waals surface area contributed by atoms with E-state index in [1.165, 1.54) is 0 Å². The lowest BCUT2D eigenvalue weighted by atomic mass is 10.0. The Labute approximate surface area is 186 Å². The van der Waals surface area contributed by atoms with Crippen molar-refractivity contribution in [1.82, 2.24) is 10.3 Å². The number of carbonyl (C=O) groups is 1. The fourth-order valence-corrected chi connectivity index (χ4v) is 3.76. The molecule has 30 heavy (non-hydrogen) atoms. The molecule has 1 aliphatic rings. The highest BCUT2D eigenvalue weighted by atomic mass is 79.9. The summed E-state index contributed by atoms with van der Waals surface area (Å²) in [7, 11) is 0. The molecule has 0 fully saturated rings. The Hall–Kier alpha value is -2.28. The first-order valence-electron chi connectivity index (χ1n) is 10.2. The van der Waals surface area contributed by atoms with E-state index in [9.17, 15) is 4.79 Å². The van der Waals surface area contributed by atoms with Crippen molar-refractivity contribution in [2.45, 2.75) is 59.3 Å². The third-order valence-corrected chi connectivity index (χ3v) is 5.10. The number of benzene rings is 1. The molecule has 1 aromatic heterocycles. The van der Waals surface area contributed by atoms with Crippen molar-refractivity contribution in [3.8, 4) is 22.8 Å². The first kappa shape index (κ1) is 22.4. The summed E-state index contributed by atoms with van der Waals surface area (Å²) in [6.07, 6.45) is 2.12. The summed E-state index contributed by atoms with van der Waals surface area (Å²) in [5, 5.41) is 2.93. The largest absolute Gasteiger partial charge is 0.490 e. The van der Waals surface area contributed by atoms with Crippen molar-refractivity contribution in [1.29, 1.82) is 0 Å². The number of hydrogen-bond acceptors (Lipinski definition) is 5. The van der Waals surface area contributed by atoms with Gasteiger partial charge in [0, 0.05) is 23.4 Å². The van der Waals surface area contributed by atoms with Gasteiger partial charge < -0.3 is 19.5 Å². The molecular formula is C23H29BrN2O4. The molecule has 0 aliphatic carbocycles. The van der Waals surface area contributed by atoms with Gasteiger partial charge in [0.05, 0.1) is 16.2 Å². The molecule has 1 aromatic carbocycles. The van der Waals surface area contributed by atoms with Gasteiger partial charge in [0.15, 0.2) is 0 Å². The van der Waals surface area contributed by atoms with Crippen LogP contribution in [0.4, 0.5) is 4.79 Å². The van der Waals surface area contributed by atoms with Gasteiger partial charge in [-0.1, -0.05) is 19.9 Å². The highest BCUT2D eigenvalue weighted by molar-refractivity contribution is 9.10.